The van der Waals surface area contributed by atoms with Crippen molar-refractivity contribution in [2.24, 2.45) is 0 Å². The minimum atomic E-state index is -3.19. The van der Waals surface area contributed by atoms with Gasteiger partial charge in [0, 0.05) is 18.0 Å². The third-order valence-electron chi connectivity index (χ3n) is 2.58. The molecule has 2 rings (SSSR count). The van der Waals surface area contributed by atoms with Gasteiger partial charge in [0.2, 0.25) is 0 Å². The molecule has 0 saturated heterocycles. The van der Waals surface area contributed by atoms with Crippen molar-refractivity contribution in [2.45, 2.75) is 4.90 Å². The Balaban J connectivity index is 2.47. The van der Waals surface area contributed by atoms with Gasteiger partial charge in [-0.05, 0) is 23.8 Å². The monoisotopic (exact) mass is 259 g/mol. The number of benzene rings is 1. The van der Waals surface area contributed by atoms with Crippen molar-refractivity contribution in [1.82, 2.24) is 4.98 Å². The van der Waals surface area contributed by atoms with Crippen LogP contribution in [0.5, 0.6) is 0 Å². The van der Waals surface area contributed by atoms with Crippen molar-refractivity contribution >= 4 is 15.9 Å². The number of hydrogen-bond donors (Lipinski definition) is 0. The molecule has 0 aliphatic carbocycles. The minimum Gasteiger partial charge on any atom is -0.256 e. The number of rotatable bonds is 3. The molecule has 0 saturated carbocycles. The number of aromatic nitrogens is 1. The first-order valence-corrected chi connectivity index (χ1v) is 7.29. The zero-order valence-corrected chi connectivity index (χ0v) is 10.8. The maximum Gasteiger partial charge on any atom is 0.175 e. The van der Waals surface area contributed by atoms with E-state index in [1.165, 1.54) is 6.26 Å². The average molecular weight is 259 g/mol. The van der Waals surface area contributed by atoms with Gasteiger partial charge in [0.25, 0.3) is 0 Å². The summed E-state index contributed by atoms with van der Waals surface area (Å²) in [6.45, 7) is 3.66. The normalized spacial score (nSPS) is 11.2. The van der Waals surface area contributed by atoms with Gasteiger partial charge >= 0.3 is 0 Å². The topological polar surface area (TPSA) is 47.0 Å². The molecule has 0 amide bonds. The molecule has 0 radical (unpaired) electrons. The lowest BCUT2D eigenvalue weighted by molar-refractivity contribution is 0.602. The highest BCUT2D eigenvalue weighted by Crippen LogP contribution is 2.21. The highest BCUT2D eigenvalue weighted by atomic mass is 32.2. The van der Waals surface area contributed by atoms with Crippen LogP contribution < -0.4 is 0 Å². The van der Waals surface area contributed by atoms with Crippen molar-refractivity contribution < 1.29 is 8.42 Å². The summed E-state index contributed by atoms with van der Waals surface area (Å²) in [7, 11) is -3.19. The molecule has 0 atom stereocenters. The molecule has 4 heteroatoms. The molecular formula is C14H13NO2S. The van der Waals surface area contributed by atoms with Crippen molar-refractivity contribution in [3.63, 3.8) is 0 Å². The molecule has 1 aromatic carbocycles. The van der Waals surface area contributed by atoms with E-state index in [1.807, 2.05) is 18.2 Å². The Morgan fingerprint density at radius 1 is 1.22 bits per heavy atom. The largest absolute Gasteiger partial charge is 0.256 e. The first kappa shape index (κ1) is 12.5. The standard InChI is InChI=1S/C14H13NO2S/c1-3-11-7-8-14(15-10-11)12-5-4-6-13(9-12)18(2,16)17/h3-10H,1H2,2H3. The third kappa shape index (κ3) is 2.65. The van der Waals surface area contributed by atoms with Crippen molar-refractivity contribution in [2.75, 3.05) is 6.26 Å². The van der Waals surface area contributed by atoms with Gasteiger partial charge in [-0.1, -0.05) is 30.9 Å². The summed E-state index contributed by atoms with van der Waals surface area (Å²) >= 11 is 0. The van der Waals surface area contributed by atoms with Gasteiger partial charge in [0.1, 0.15) is 0 Å². The summed E-state index contributed by atoms with van der Waals surface area (Å²) in [4.78, 5) is 4.58. The van der Waals surface area contributed by atoms with Gasteiger partial charge < -0.3 is 0 Å². The summed E-state index contributed by atoms with van der Waals surface area (Å²) in [5, 5.41) is 0. The van der Waals surface area contributed by atoms with E-state index >= 15 is 0 Å². The van der Waals surface area contributed by atoms with Gasteiger partial charge in [0.15, 0.2) is 9.84 Å². The van der Waals surface area contributed by atoms with Gasteiger partial charge in [-0.2, -0.15) is 0 Å². The first-order valence-electron chi connectivity index (χ1n) is 5.40. The lowest BCUT2D eigenvalue weighted by Crippen LogP contribution is -1.97. The summed E-state index contributed by atoms with van der Waals surface area (Å²) < 4.78 is 23.0. The Morgan fingerprint density at radius 2 is 2.00 bits per heavy atom. The second-order valence-corrected chi connectivity index (χ2v) is 6.00. The Labute approximate surface area is 107 Å². The van der Waals surface area contributed by atoms with E-state index in [2.05, 4.69) is 11.6 Å². The van der Waals surface area contributed by atoms with Crippen LogP contribution in [0.25, 0.3) is 17.3 Å². The molecule has 1 heterocycles. The third-order valence-corrected chi connectivity index (χ3v) is 3.69. The van der Waals surface area contributed by atoms with Crippen LogP contribution in [0.3, 0.4) is 0 Å². The van der Waals surface area contributed by atoms with Gasteiger partial charge in [-0.3, -0.25) is 4.98 Å². The number of nitrogens with zero attached hydrogens (tertiary/aromatic N) is 1. The van der Waals surface area contributed by atoms with E-state index in [0.29, 0.717) is 4.90 Å². The van der Waals surface area contributed by atoms with Crippen LogP contribution in [0.15, 0.2) is 54.1 Å². The zero-order chi connectivity index (χ0) is 13.2. The van der Waals surface area contributed by atoms with Crippen molar-refractivity contribution in [1.29, 1.82) is 0 Å². The second-order valence-electron chi connectivity index (χ2n) is 3.98. The lowest BCUT2D eigenvalue weighted by Gasteiger charge is -2.04. The Bertz CT molecular complexity index is 673. The summed E-state index contributed by atoms with van der Waals surface area (Å²) in [6, 6.07) is 10.5. The molecule has 0 spiro atoms. The SMILES string of the molecule is C=Cc1ccc(-c2cccc(S(C)(=O)=O)c2)nc1. The van der Waals surface area contributed by atoms with E-state index in [0.717, 1.165) is 16.8 Å². The Kier molecular flexibility index (Phi) is 3.30. The molecule has 0 fully saturated rings. The number of hydrogen-bond acceptors (Lipinski definition) is 3. The van der Waals surface area contributed by atoms with Crippen molar-refractivity contribution in [3.8, 4) is 11.3 Å². The molecule has 92 valence electrons. The van der Waals surface area contributed by atoms with Gasteiger partial charge in [-0.15, -0.1) is 0 Å². The van der Waals surface area contributed by atoms with Crippen LogP contribution in [-0.2, 0) is 9.84 Å². The molecule has 0 aliphatic rings. The van der Waals surface area contributed by atoms with Crippen LogP contribution in [0.4, 0.5) is 0 Å². The molecule has 0 aliphatic heterocycles. The maximum atomic E-state index is 11.5. The second kappa shape index (κ2) is 4.74. The first-order chi connectivity index (χ1) is 8.50. The fraction of sp³-hybridized carbons (Fsp3) is 0.0714. The minimum absolute atomic E-state index is 0.301. The Hall–Kier alpha value is -1.94. The zero-order valence-electron chi connectivity index (χ0n) is 10.00. The van der Waals surface area contributed by atoms with Crippen LogP contribution in [0.1, 0.15) is 5.56 Å². The summed E-state index contributed by atoms with van der Waals surface area (Å²) in [5.41, 5.74) is 2.46. The molecule has 1 aromatic heterocycles. The maximum absolute atomic E-state index is 11.5. The van der Waals surface area contributed by atoms with E-state index in [4.69, 9.17) is 0 Å². The molecule has 18 heavy (non-hydrogen) atoms. The predicted octanol–water partition coefficient (Wildman–Crippen LogP) is 2.80. The van der Waals surface area contributed by atoms with E-state index in [9.17, 15) is 8.42 Å². The fourth-order valence-electron chi connectivity index (χ4n) is 1.58. The highest BCUT2D eigenvalue weighted by Gasteiger charge is 2.08. The molecule has 3 nitrogen and oxygen atoms in total. The van der Waals surface area contributed by atoms with Crippen LogP contribution in [0.2, 0.25) is 0 Å². The lowest BCUT2D eigenvalue weighted by atomic mass is 10.1. The molecule has 0 N–H and O–H groups in total. The van der Waals surface area contributed by atoms with Gasteiger partial charge in [0.05, 0.1) is 10.6 Å². The van der Waals surface area contributed by atoms with E-state index in [1.54, 1.807) is 30.5 Å². The summed E-state index contributed by atoms with van der Waals surface area (Å²) in [6.07, 6.45) is 4.61. The van der Waals surface area contributed by atoms with Gasteiger partial charge in [-0.25, -0.2) is 8.42 Å². The summed E-state index contributed by atoms with van der Waals surface area (Å²) in [5.74, 6) is 0. The van der Waals surface area contributed by atoms with E-state index < -0.39 is 9.84 Å². The van der Waals surface area contributed by atoms with E-state index in [-0.39, 0.29) is 0 Å². The fourth-order valence-corrected chi connectivity index (χ4v) is 2.25. The average Bonchev–Trinajstić information content (AvgIpc) is 2.38. The number of sulfone groups is 1. The number of pyridine rings is 1. The molecular weight excluding hydrogens is 246 g/mol. The highest BCUT2D eigenvalue weighted by molar-refractivity contribution is 7.90. The van der Waals surface area contributed by atoms with Crippen LogP contribution in [-0.4, -0.2) is 19.7 Å². The molecule has 0 unspecified atom stereocenters. The smallest absolute Gasteiger partial charge is 0.175 e. The molecule has 0 bridgehead atoms. The van der Waals surface area contributed by atoms with Crippen molar-refractivity contribution in [3.05, 3.63) is 54.7 Å². The quantitative estimate of drug-likeness (QED) is 0.851. The molecule has 2 aromatic rings. The van der Waals surface area contributed by atoms with Crippen LogP contribution in [0, 0.1) is 0 Å². The predicted molar refractivity (Wildman–Crippen MR) is 72.9 cm³/mol. The van der Waals surface area contributed by atoms with Crippen LogP contribution >= 0.6 is 0 Å². The Morgan fingerprint density at radius 3 is 2.56 bits per heavy atom.